The summed E-state index contributed by atoms with van der Waals surface area (Å²) in [6, 6.07) is 7.71. The number of aliphatic imine (C=N–C) groups is 1. The van der Waals surface area contributed by atoms with Crippen LogP contribution in [0.25, 0.3) is 6.08 Å². The Kier molecular flexibility index (Phi) is 4.04. The van der Waals surface area contributed by atoms with Crippen LogP contribution in [0.1, 0.15) is 16.7 Å². The van der Waals surface area contributed by atoms with Crippen LogP contribution in [0, 0.1) is 17.0 Å². The number of hydrogen-bond donors (Lipinski definition) is 0. The number of halogens is 1. The van der Waals surface area contributed by atoms with Crippen molar-refractivity contribution in [2.45, 2.75) is 6.92 Å². The van der Waals surface area contributed by atoms with E-state index in [1.165, 1.54) is 12.1 Å². The van der Waals surface area contributed by atoms with Gasteiger partial charge in [0.1, 0.15) is 0 Å². The normalized spacial score (nSPS) is 16.4. The molecule has 0 atom stereocenters. The highest BCUT2D eigenvalue weighted by Crippen LogP contribution is 2.38. The largest absolute Gasteiger partial charge is 0.454 e. The number of carbonyl (C=O) groups excluding carboxylic acids is 1. The van der Waals surface area contributed by atoms with E-state index < -0.39 is 10.9 Å². The minimum absolute atomic E-state index is 0.00813. The standard InChI is InChI=1S/C18H11ClN2O6/c1-9-2-3-10(5-14(9)21(23)24)17-20-13(18(22)27-17)4-11-6-15-16(7-12(11)19)26-8-25-15/h2-7H,8H2,1H3/b13-4-. The Bertz CT molecular complexity index is 1060. The third kappa shape index (κ3) is 3.11. The molecule has 0 amide bonds. The number of hydrogen-bond acceptors (Lipinski definition) is 7. The van der Waals surface area contributed by atoms with Gasteiger partial charge in [-0.15, -0.1) is 0 Å². The molecule has 0 aromatic heterocycles. The van der Waals surface area contributed by atoms with Gasteiger partial charge < -0.3 is 14.2 Å². The van der Waals surface area contributed by atoms with Crippen molar-refractivity contribution in [3.63, 3.8) is 0 Å². The molecule has 0 N–H and O–H groups in total. The summed E-state index contributed by atoms with van der Waals surface area (Å²) in [4.78, 5) is 26.9. The molecule has 2 heterocycles. The Balaban J connectivity index is 1.71. The van der Waals surface area contributed by atoms with Crippen LogP contribution in [-0.4, -0.2) is 23.6 Å². The summed E-state index contributed by atoms with van der Waals surface area (Å²) in [6.45, 7) is 1.72. The minimum Gasteiger partial charge on any atom is -0.454 e. The van der Waals surface area contributed by atoms with Gasteiger partial charge in [-0.05, 0) is 30.7 Å². The second-order valence-corrected chi connectivity index (χ2v) is 6.23. The predicted octanol–water partition coefficient (Wildman–Crippen LogP) is 3.63. The van der Waals surface area contributed by atoms with Gasteiger partial charge in [-0.1, -0.05) is 17.7 Å². The first-order valence-corrected chi connectivity index (χ1v) is 8.17. The van der Waals surface area contributed by atoms with Gasteiger partial charge >= 0.3 is 5.97 Å². The molecule has 2 aromatic rings. The zero-order valence-corrected chi connectivity index (χ0v) is 14.6. The summed E-state index contributed by atoms with van der Waals surface area (Å²) in [5, 5.41) is 11.5. The molecule has 4 rings (SSSR count). The van der Waals surface area contributed by atoms with Crippen molar-refractivity contribution in [2.24, 2.45) is 4.99 Å². The number of esters is 1. The van der Waals surface area contributed by atoms with Crippen molar-refractivity contribution >= 4 is 35.2 Å². The monoisotopic (exact) mass is 386 g/mol. The Morgan fingerprint density at radius 3 is 2.70 bits per heavy atom. The predicted molar refractivity (Wildman–Crippen MR) is 96.0 cm³/mol. The van der Waals surface area contributed by atoms with Gasteiger partial charge in [0.05, 0.1) is 9.95 Å². The summed E-state index contributed by atoms with van der Waals surface area (Å²) >= 11 is 6.20. The van der Waals surface area contributed by atoms with Crippen LogP contribution >= 0.6 is 11.6 Å². The number of benzene rings is 2. The van der Waals surface area contributed by atoms with Crippen LogP contribution < -0.4 is 9.47 Å². The molecule has 0 saturated heterocycles. The molecule has 0 spiro atoms. The first-order chi connectivity index (χ1) is 12.9. The second-order valence-electron chi connectivity index (χ2n) is 5.82. The maximum Gasteiger partial charge on any atom is 0.363 e. The third-order valence-corrected chi connectivity index (χ3v) is 4.38. The molecular weight excluding hydrogens is 376 g/mol. The number of nitro benzene ring substituents is 1. The van der Waals surface area contributed by atoms with Gasteiger partial charge in [-0.2, -0.15) is 0 Å². The van der Waals surface area contributed by atoms with Gasteiger partial charge in [-0.3, -0.25) is 10.1 Å². The van der Waals surface area contributed by atoms with E-state index in [0.717, 1.165) is 0 Å². The lowest BCUT2D eigenvalue weighted by Crippen LogP contribution is -2.06. The molecule has 0 unspecified atom stereocenters. The molecule has 0 aliphatic carbocycles. The number of ether oxygens (including phenoxy) is 3. The molecule has 9 heteroatoms. The lowest BCUT2D eigenvalue weighted by molar-refractivity contribution is -0.385. The fraction of sp³-hybridized carbons (Fsp3) is 0.111. The quantitative estimate of drug-likeness (QED) is 0.345. The summed E-state index contributed by atoms with van der Waals surface area (Å²) < 4.78 is 15.7. The fourth-order valence-electron chi connectivity index (χ4n) is 2.66. The van der Waals surface area contributed by atoms with E-state index in [1.807, 2.05) is 0 Å². The highest BCUT2D eigenvalue weighted by Gasteiger charge is 2.26. The van der Waals surface area contributed by atoms with Crippen LogP contribution in [0.3, 0.4) is 0 Å². The van der Waals surface area contributed by atoms with Crippen molar-refractivity contribution < 1.29 is 23.9 Å². The van der Waals surface area contributed by atoms with E-state index in [9.17, 15) is 14.9 Å². The highest BCUT2D eigenvalue weighted by atomic mass is 35.5. The average Bonchev–Trinajstić information content (AvgIpc) is 3.22. The lowest BCUT2D eigenvalue weighted by Gasteiger charge is -2.01. The molecule has 0 radical (unpaired) electrons. The topological polar surface area (TPSA) is 100 Å². The zero-order valence-electron chi connectivity index (χ0n) is 13.9. The maximum absolute atomic E-state index is 12.2. The van der Waals surface area contributed by atoms with Crippen molar-refractivity contribution in [3.05, 3.63) is 67.9 Å². The van der Waals surface area contributed by atoms with Crippen molar-refractivity contribution in [1.29, 1.82) is 0 Å². The van der Waals surface area contributed by atoms with E-state index >= 15 is 0 Å². The zero-order chi connectivity index (χ0) is 19.1. The molecule has 136 valence electrons. The van der Waals surface area contributed by atoms with Crippen LogP contribution in [-0.2, 0) is 9.53 Å². The van der Waals surface area contributed by atoms with Gasteiger partial charge in [0, 0.05) is 23.3 Å². The van der Waals surface area contributed by atoms with Crippen molar-refractivity contribution in [1.82, 2.24) is 0 Å². The van der Waals surface area contributed by atoms with Crippen LogP contribution in [0.2, 0.25) is 5.02 Å². The molecular formula is C18H11ClN2O6. The molecule has 0 fully saturated rings. The number of rotatable bonds is 3. The molecule has 0 bridgehead atoms. The van der Waals surface area contributed by atoms with Crippen LogP contribution in [0.5, 0.6) is 11.5 Å². The lowest BCUT2D eigenvalue weighted by atomic mass is 10.1. The van der Waals surface area contributed by atoms with Gasteiger partial charge in [0.25, 0.3) is 5.69 Å². The third-order valence-electron chi connectivity index (χ3n) is 4.06. The van der Waals surface area contributed by atoms with Gasteiger partial charge in [0.15, 0.2) is 17.2 Å². The Morgan fingerprint density at radius 1 is 1.22 bits per heavy atom. The molecule has 2 aliphatic rings. The SMILES string of the molecule is Cc1ccc(C2=N/C(=C\c3cc4c(cc3Cl)OCO4)C(=O)O2)cc1[N+](=O)[O-]. The minimum atomic E-state index is -0.679. The first kappa shape index (κ1) is 17.0. The highest BCUT2D eigenvalue weighted by molar-refractivity contribution is 6.32. The molecule has 8 nitrogen and oxygen atoms in total. The smallest absolute Gasteiger partial charge is 0.363 e. The summed E-state index contributed by atoms with van der Waals surface area (Å²) in [6.07, 6.45) is 1.46. The summed E-state index contributed by atoms with van der Waals surface area (Å²) in [5.41, 5.74) is 1.28. The number of carbonyl (C=O) groups is 1. The number of aryl methyl sites for hydroxylation is 1. The molecule has 27 heavy (non-hydrogen) atoms. The average molecular weight is 387 g/mol. The Labute approximate surface area is 157 Å². The number of cyclic esters (lactones) is 1. The number of nitro groups is 1. The van der Waals surface area contributed by atoms with E-state index in [0.29, 0.717) is 33.2 Å². The van der Waals surface area contributed by atoms with Gasteiger partial charge in [0.2, 0.25) is 12.7 Å². The van der Waals surface area contributed by atoms with Crippen LogP contribution in [0.4, 0.5) is 5.69 Å². The number of fused-ring (bicyclic) bond motifs is 1. The Morgan fingerprint density at radius 2 is 1.96 bits per heavy atom. The van der Waals surface area contributed by atoms with Gasteiger partial charge in [-0.25, -0.2) is 9.79 Å². The first-order valence-electron chi connectivity index (χ1n) is 7.79. The van der Waals surface area contributed by atoms with E-state index in [4.69, 9.17) is 25.8 Å². The Hall–Kier alpha value is -3.39. The molecule has 2 aromatic carbocycles. The molecule has 2 aliphatic heterocycles. The summed E-state index contributed by atoms with van der Waals surface area (Å²) in [7, 11) is 0. The number of nitrogens with zero attached hydrogens (tertiary/aromatic N) is 2. The van der Waals surface area contributed by atoms with E-state index in [-0.39, 0.29) is 24.1 Å². The van der Waals surface area contributed by atoms with Crippen molar-refractivity contribution in [2.75, 3.05) is 6.79 Å². The second kappa shape index (κ2) is 6.40. The maximum atomic E-state index is 12.2. The van der Waals surface area contributed by atoms with E-state index in [2.05, 4.69) is 4.99 Å². The van der Waals surface area contributed by atoms with E-state index in [1.54, 1.807) is 31.2 Å². The molecule has 0 saturated carbocycles. The summed E-state index contributed by atoms with van der Waals surface area (Å²) in [5.74, 6) is 0.344. The van der Waals surface area contributed by atoms with Crippen LogP contribution in [0.15, 0.2) is 41.0 Å². The van der Waals surface area contributed by atoms with Crippen molar-refractivity contribution in [3.8, 4) is 11.5 Å². The fourth-order valence-corrected chi connectivity index (χ4v) is 2.87.